The van der Waals surface area contributed by atoms with Gasteiger partial charge in [0.2, 0.25) is 0 Å². The van der Waals surface area contributed by atoms with E-state index in [0.29, 0.717) is 0 Å². The van der Waals surface area contributed by atoms with E-state index in [1.165, 1.54) is 0 Å². The summed E-state index contributed by atoms with van der Waals surface area (Å²) in [6, 6.07) is 0. The van der Waals surface area contributed by atoms with Crippen LogP contribution >= 0.6 is 0 Å². The van der Waals surface area contributed by atoms with Crippen LogP contribution in [0.5, 0.6) is 0 Å². The molecule has 1 N–H and O–H groups in total. The van der Waals surface area contributed by atoms with E-state index in [1.54, 1.807) is 0 Å². The van der Waals surface area contributed by atoms with Crippen molar-refractivity contribution in [1.29, 1.82) is 0 Å². The van der Waals surface area contributed by atoms with E-state index in [4.69, 9.17) is 5.11 Å². The molecule has 0 aliphatic rings. The normalized spacial score (nSPS) is 14.4. The van der Waals surface area contributed by atoms with Gasteiger partial charge in [0, 0.05) is 0 Å². The van der Waals surface area contributed by atoms with Gasteiger partial charge in [-0.25, -0.2) is 35.1 Å². The fourth-order valence-corrected chi connectivity index (χ4v) is 1.62. The zero-order chi connectivity index (χ0) is 16.4. The minimum atomic E-state index is -4.67. The zero-order valence-corrected chi connectivity index (χ0v) is 10.2. The molecule has 0 atom stereocenters. The van der Waals surface area contributed by atoms with E-state index < -0.39 is 55.3 Å². The lowest BCUT2D eigenvalue weighted by Crippen LogP contribution is -2.38. The SMILES string of the molecule is CC(F)(F)CC(F)(F)CC(F)(F)CC(F)(F)CC(=O)O. The summed E-state index contributed by atoms with van der Waals surface area (Å²) in [5, 5.41) is 8.06. The Bertz CT molecular complexity index is 348. The number of alkyl halides is 8. The van der Waals surface area contributed by atoms with Gasteiger partial charge >= 0.3 is 5.97 Å². The van der Waals surface area contributed by atoms with Crippen molar-refractivity contribution in [3.8, 4) is 0 Å². The molecule has 0 rings (SSSR count). The monoisotopic (exact) mass is 316 g/mol. The molecule has 0 unspecified atom stereocenters. The van der Waals surface area contributed by atoms with E-state index >= 15 is 0 Å². The number of aliphatic carboxylic acids is 1. The van der Waals surface area contributed by atoms with E-state index in [9.17, 15) is 39.9 Å². The van der Waals surface area contributed by atoms with Crippen LogP contribution in [0.25, 0.3) is 0 Å². The topological polar surface area (TPSA) is 37.3 Å². The van der Waals surface area contributed by atoms with Gasteiger partial charge in [0.1, 0.15) is 6.42 Å². The average Bonchev–Trinajstić information content (AvgIpc) is 1.86. The highest BCUT2D eigenvalue weighted by molar-refractivity contribution is 5.67. The fraction of sp³-hybridized carbons (Fsp3) is 0.900. The third-order valence-corrected chi connectivity index (χ3v) is 2.01. The highest BCUT2D eigenvalue weighted by Gasteiger charge is 2.52. The van der Waals surface area contributed by atoms with Crippen LogP contribution in [0.4, 0.5) is 35.1 Å². The summed E-state index contributed by atoms with van der Waals surface area (Å²) in [4.78, 5) is 10.0. The Morgan fingerprint density at radius 1 is 0.800 bits per heavy atom. The Labute approximate surface area is 108 Å². The van der Waals surface area contributed by atoms with E-state index in [1.807, 2.05) is 0 Å². The molecular formula is C10H12F8O2. The number of hydrogen-bond donors (Lipinski definition) is 1. The molecule has 10 heteroatoms. The number of halogens is 8. The molecule has 0 saturated heterocycles. The maximum absolute atomic E-state index is 13.0. The van der Waals surface area contributed by atoms with Crippen molar-refractivity contribution in [3.05, 3.63) is 0 Å². The summed E-state index contributed by atoms with van der Waals surface area (Å²) in [5.41, 5.74) is 0. The van der Waals surface area contributed by atoms with Crippen molar-refractivity contribution in [3.63, 3.8) is 0 Å². The van der Waals surface area contributed by atoms with Crippen molar-refractivity contribution in [1.82, 2.24) is 0 Å². The first kappa shape index (κ1) is 18.9. The molecule has 0 bridgehead atoms. The van der Waals surface area contributed by atoms with Gasteiger partial charge in [0.05, 0.1) is 19.3 Å². The molecule has 0 spiro atoms. The number of carboxylic acid groups (broad SMARTS) is 1. The van der Waals surface area contributed by atoms with Gasteiger partial charge in [-0.05, 0) is 6.92 Å². The van der Waals surface area contributed by atoms with Crippen LogP contribution in [0, 0.1) is 0 Å². The standard InChI is InChI=1S/C10H12F8O2/c1-7(11,12)3-9(15,16)5-10(17,18)4-8(13,14)2-6(19)20/h2-5H2,1H3,(H,19,20). The summed E-state index contributed by atoms with van der Waals surface area (Å²) < 4.78 is 102. The van der Waals surface area contributed by atoms with Gasteiger partial charge in [-0.2, -0.15) is 0 Å². The predicted molar refractivity (Wildman–Crippen MR) is 51.6 cm³/mol. The molecule has 20 heavy (non-hydrogen) atoms. The average molecular weight is 316 g/mol. The summed E-state index contributed by atoms with van der Waals surface area (Å²) in [6.07, 6.45) is -9.12. The van der Waals surface area contributed by atoms with Crippen molar-refractivity contribution in [2.24, 2.45) is 0 Å². The molecule has 0 heterocycles. The van der Waals surface area contributed by atoms with Gasteiger partial charge in [0.15, 0.2) is 0 Å². The molecule has 0 fully saturated rings. The lowest BCUT2D eigenvalue weighted by molar-refractivity contribution is -0.180. The van der Waals surface area contributed by atoms with Crippen LogP contribution in [0.1, 0.15) is 32.6 Å². The van der Waals surface area contributed by atoms with Gasteiger partial charge < -0.3 is 5.11 Å². The van der Waals surface area contributed by atoms with Crippen molar-refractivity contribution in [2.45, 2.75) is 56.3 Å². The van der Waals surface area contributed by atoms with Crippen LogP contribution in [-0.4, -0.2) is 34.8 Å². The van der Waals surface area contributed by atoms with Crippen molar-refractivity contribution >= 4 is 5.97 Å². The Morgan fingerprint density at radius 3 is 1.50 bits per heavy atom. The predicted octanol–water partition coefficient (Wildman–Crippen LogP) is 4.19. The summed E-state index contributed by atoms with van der Waals surface area (Å²) in [5.74, 6) is -19.7. The molecule has 0 aromatic carbocycles. The lowest BCUT2D eigenvalue weighted by Gasteiger charge is -2.27. The Balaban J connectivity index is 4.77. The second-order valence-electron chi connectivity index (χ2n) is 4.74. The Morgan fingerprint density at radius 2 is 1.15 bits per heavy atom. The molecular weight excluding hydrogens is 304 g/mol. The van der Waals surface area contributed by atoms with E-state index in [2.05, 4.69) is 0 Å². The van der Waals surface area contributed by atoms with E-state index in [0.717, 1.165) is 0 Å². The number of carbonyl (C=O) groups is 1. The molecule has 0 aliphatic heterocycles. The van der Waals surface area contributed by atoms with E-state index in [-0.39, 0.29) is 6.92 Å². The highest BCUT2D eigenvalue weighted by Crippen LogP contribution is 2.42. The summed E-state index contributed by atoms with van der Waals surface area (Å²) in [7, 11) is 0. The first-order valence-corrected chi connectivity index (χ1v) is 5.27. The number of hydrogen-bond acceptors (Lipinski definition) is 1. The minimum Gasteiger partial charge on any atom is -0.481 e. The van der Waals surface area contributed by atoms with Gasteiger partial charge in [0.25, 0.3) is 23.7 Å². The number of rotatable bonds is 8. The van der Waals surface area contributed by atoms with Crippen LogP contribution in [0.2, 0.25) is 0 Å². The number of carboxylic acids is 1. The largest absolute Gasteiger partial charge is 0.481 e. The van der Waals surface area contributed by atoms with Crippen LogP contribution < -0.4 is 0 Å². The molecule has 0 saturated carbocycles. The third-order valence-electron chi connectivity index (χ3n) is 2.01. The Kier molecular flexibility index (Phi) is 5.41. The zero-order valence-electron chi connectivity index (χ0n) is 10.2. The third kappa shape index (κ3) is 8.92. The first-order valence-electron chi connectivity index (χ1n) is 5.27. The van der Waals surface area contributed by atoms with Crippen LogP contribution in [0.3, 0.4) is 0 Å². The van der Waals surface area contributed by atoms with Crippen molar-refractivity contribution in [2.75, 3.05) is 0 Å². The fourth-order valence-electron chi connectivity index (χ4n) is 1.62. The molecule has 0 aliphatic carbocycles. The van der Waals surface area contributed by atoms with Gasteiger partial charge in [-0.3, -0.25) is 4.79 Å². The maximum atomic E-state index is 13.0. The quantitative estimate of drug-likeness (QED) is 0.682. The summed E-state index contributed by atoms with van der Waals surface area (Å²) in [6.45, 7) is 0.0814. The smallest absolute Gasteiger partial charge is 0.309 e. The van der Waals surface area contributed by atoms with Crippen LogP contribution in [-0.2, 0) is 4.79 Å². The molecule has 2 nitrogen and oxygen atoms in total. The second kappa shape index (κ2) is 5.72. The molecule has 0 aromatic heterocycles. The Hall–Kier alpha value is -1.09. The van der Waals surface area contributed by atoms with Gasteiger partial charge in [-0.15, -0.1) is 0 Å². The minimum absolute atomic E-state index is 0.0814. The molecule has 0 aromatic rings. The molecule has 0 amide bonds. The second-order valence-corrected chi connectivity index (χ2v) is 4.74. The molecule has 0 radical (unpaired) electrons. The summed E-state index contributed by atoms with van der Waals surface area (Å²) >= 11 is 0. The maximum Gasteiger partial charge on any atom is 0.309 e. The lowest BCUT2D eigenvalue weighted by atomic mass is 9.98. The van der Waals surface area contributed by atoms with Crippen molar-refractivity contribution < 1.29 is 45.0 Å². The highest BCUT2D eigenvalue weighted by atomic mass is 19.3. The van der Waals surface area contributed by atoms with Crippen LogP contribution in [0.15, 0.2) is 0 Å². The molecule has 120 valence electrons. The van der Waals surface area contributed by atoms with Gasteiger partial charge in [-0.1, -0.05) is 0 Å². The first-order chi connectivity index (χ1) is 8.54.